The van der Waals surface area contributed by atoms with Gasteiger partial charge in [0.25, 0.3) is 0 Å². The molecule has 0 atom stereocenters. The maximum atomic E-state index is 10.3. The topological polar surface area (TPSA) is 47.6 Å². The first-order valence-corrected chi connectivity index (χ1v) is 16.4. The van der Waals surface area contributed by atoms with Crippen LogP contribution < -0.4 is 0 Å². The second kappa shape index (κ2) is 11.4. The molecule has 0 unspecified atom stereocenters. The molecule has 6 aliphatic rings. The zero-order chi connectivity index (χ0) is 26.7. The number of aryl methyl sites for hydroxylation is 1. The second-order valence-corrected chi connectivity index (χ2v) is 14.4. The minimum Gasteiger partial charge on any atom is -0.192 e. The number of nitriles is 2. The average molecular weight is 513 g/mol. The Balaban J connectivity index is 1.27. The molecule has 0 aliphatic heterocycles. The van der Waals surface area contributed by atoms with Gasteiger partial charge in [0.05, 0.1) is 11.1 Å². The van der Waals surface area contributed by atoms with E-state index in [0.717, 1.165) is 17.5 Å². The van der Waals surface area contributed by atoms with Crippen LogP contribution in [0.15, 0.2) is 12.1 Å². The molecular formula is C36H52N2. The van der Waals surface area contributed by atoms with E-state index in [4.69, 9.17) is 0 Å². The first-order chi connectivity index (χ1) is 18.5. The highest BCUT2D eigenvalue weighted by Gasteiger charge is 2.50. The Morgan fingerprint density at radius 1 is 0.579 bits per heavy atom. The Morgan fingerprint density at radius 2 is 1.03 bits per heavy atom. The molecule has 0 saturated heterocycles. The van der Waals surface area contributed by atoms with Gasteiger partial charge in [-0.05, 0) is 136 Å². The van der Waals surface area contributed by atoms with Crippen molar-refractivity contribution in [2.75, 3.05) is 0 Å². The third kappa shape index (κ3) is 5.19. The van der Waals surface area contributed by atoms with Crippen LogP contribution in [-0.2, 0) is 11.8 Å². The summed E-state index contributed by atoms with van der Waals surface area (Å²) in [4.78, 5) is 0. The van der Waals surface area contributed by atoms with Gasteiger partial charge in [-0.15, -0.1) is 0 Å². The van der Waals surface area contributed by atoms with Gasteiger partial charge in [0.15, 0.2) is 0 Å². The van der Waals surface area contributed by atoms with Crippen molar-refractivity contribution in [2.45, 2.75) is 161 Å². The van der Waals surface area contributed by atoms with Crippen molar-refractivity contribution < 1.29 is 0 Å². The van der Waals surface area contributed by atoms with Gasteiger partial charge >= 0.3 is 0 Å². The van der Waals surface area contributed by atoms with Crippen LogP contribution in [0.2, 0.25) is 0 Å². The Hall–Kier alpha value is -1.80. The molecule has 0 N–H and O–H groups in total. The van der Waals surface area contributed by atoms with Gasteiger partial charge in [-0.1, -0.05) is 64.5 Å². The molecule has 0 radical (unpaired) electrons. The summed E-state index contributed by atoms with van der Waals surface area (Å²) in [5, 5.41) is 20.6. The van der Waals surface area contributed by atoms with Crippen LogP contribution in [0.1, 0.15) is 171 Å². The fourth-order valence-electron chi connectivity index (χ4n) is 9.57. The molecule has 2 heteroatoms. The zero-order valence-electron chi connectivity index (χ0n) is 24.6. The molecule has 38 heavy (non-hydrogen) atoms. The SMILES string of the molecule is CCCCCC12CCC(CCc3ccc(C45CCC(CCCCC)(CC4)CC5)c(C#N)c3C#N)(CC1)CC2. The average Bonchev–Trinajstić information content (AvgIpc) is 2.98. The summed E-state index contributed by atoms with van der Waals surface area (Å²) in [5.41, 5.74) is 5.63. The number of benzene rings is 1. The largest absolute Gasteiger partial charge is 0.192 e. The van der Waals surface area contributed by atoms with Crippen LogP contribution in [0.25, 0.3) is 0 Å². The maximum absolute atomic E-state index is 10.3. The highest BCUT2D eigenvalue weighted by atomic mass is 14.5. The van der Waals surface area contributed by atoms with Crippen LogP contribution >= 0.6 is 0 Å². The fourth-order valence-corrected chi connectivity index (χ4v) is 9.57. The van der Waals surface area contributed by atoms with Crippen LogP contribution in [0.4, 0.5) is 0 Å². The molecule has 6 aliphatic carbocycles. The van der Waals surface area contributed by atoms with Crippen molar-refractivity contribution in [3.05, 3.63) is 34.4 Å². The fraction of sp³-hybridized carbons (Fsp3) is 0.778. The van der Waals surface area contributed by atoms with Crippen molar-refractivity contribution in [1.29, 1.82) is 10.5 Å². The Labute approximate surface area is 233 Å². The summed E-state index contributed by atoms with van der Waals surface area (Å²) in [5.74, 6) is 0. The molecule has 7 rings (SSSR count). The maximum Gasteiger partial charge on any atom is 0.101 e. The van der Waals surface area contributed by atoms with E-state index in [0.29, 0.717) is 21.8 Å². The minimum absolute atomic E-state index is 0.133. The van der Waals surface area contributed by atoms with Gasteiger partial charge in [0, 0.05) is 0 Å². The van der Waals surface area contributed by atoms with Crippen molar-refractivity contribution in [3.8, 4) is 12.1 Å². The van der Waals surface area contributed by atoms with Gasteiger partial charge in [-0.2, -0.15) is 10.5 Å². The number of rotatable bonds is 12. The molecule has 4 bridgehead atoms. The molecular weight excluding hydrogens is 460 g/mol. The van der Waals surface area contributed by atoms with Crippen molar-refractivity contribution >= 4 is 0 Å². The van der Waals surface area contributed by atoms with Gasteiger partial charge in [-0.3, -0.25) is 0 Å². The number of unbranched alkanes of at least 4 members (excludes halogenated alkanes) is 4. The zero-order valence-corrected chi connectivity index (χ0v) is 24.6. The Bertz CT molecular complexity index is 1020. The Kier molecular flexibility index (Phi) is 8.30. The third-order valence-corrected chi connectivity index (χ3v) is 12.6. The molecule has 6 fully saturated rings. The molecule has 206 valence electrons. The number of hydrogen-bond acceptors (Lipinski definition) is 2. The monoisotopic (exact) mass is 512 g/mol. The predicted molar refractivity (Wildman–Crippen MR) is 157 cm³/mol. The van der Waals surface area contributed by atoms with Crippen LogP contribution in [-0.4, -0.2) is 0 Å². The summed E-state index contributed by atoms with van der Waals surface area (Å²) in [7, 11) is 0. The van der Waals surface area contributed by atoms with Gasteiger partial charge in [0.1, 0.15) is 12.1 Å². The quantitative estimate of drug-likeness (QED) is 0.261. The molecule has 0 spiro atoms. The van der Waals surface area contributed by atoms with Gasteiger partial charge < -0.3 is 0 Å². The molecule has 0 heterocycles. The summed E-state index contributed by atoms with van der Waals surface area (Å²) < 4.78 is 0. The predicted octanol–water partition coefficient (Wildman–Crippen LogP) is 10.5. The van der Waals surface area contributed by atoms with E-state index < -0.39 is 0 Å². The van der Waals surface area contributed by atoms with E-state index >= 15 is 0 Å². The first kappa shape index (κ1) is 27.8. The lowest BCUT2D eigenvalue weighted by molar-refractivity contribution is -0.0204. The van der Waals surface area contributed by atoms with Gasteiger partial charge in [-0.25, -0.2) is 0 Å². The molecule has 2 nitrogen and oxygen atoms in total. The highest BCUT2D eigenvalue weighted by Crippen LogP contribution is 2.61. The number of hydrogen-bond donors (Lipinski definition) is 0. The lowest BCUT2D eigenvalue weighted by atomic mass is 9.50. The lowest BCUT2D eigenvalue weighted by Crippen LogP contribution is -2.44. The minimum atomic E-state index is 0.133. The summed E-state index contributed by atoms with van der Waals surface area (Å²) in [6.45, 7) is 4.61. The van der Waals surface area contributed by atoms with Crippen LogP contribution in [0, 0.1) is 38.9 Å². The van der Waals surface area contributed by atoms with E-state index in [-0.39, 0.29) is 5.41 Å². The van der Waals surface area contributed by atoms with Crippen molar-refractivity contribution in [1.82, 2.24) is 0 Å². The van der Waals surface area contributed by atoms with E-state index in [9.17, 15) is 10.5 Å². The molecule has 0 aromatic heterocycles. The lowest BCUT2D eigenvalue weighted by Gasteiger charge is -2.54. The van der Waals surface area contributed by atoms with Gasteiger partial charge in [0.2, 0.25) is 0 Å². The summed E-state index contributed by atoms with van der Waals surface area (Å²) in [6.07, 6.45) is 29.2. The van der Waals surface area contributed by atoms with Crippen molar-refractivity contribution in [2.24, 2.45) is 16.2 Å². The van der Waals surface area contributed by atoms with E-state index in [1.54, 1.807) is 0 Å². The number of nitrogens with zero attached hydrogens (tertiary/aromatic N) is 2. The van der Waals surface area contributed by atoms with E-state index in [1.165, 1.54) is 140 Å². The number of fused-ring (bicyclic) bond motifs is 6. The normalized spacial score (nSPS) is 33.7. The standard InChI is InChI=1S/C36H52N2/c1-3-5-7-12-33-15-18-35(19-16-33,20-17-33)14-11-29-9-10-32(31(28-38)30(29)27-37)36-24-21-34(22-25-36,23-26-36)13-8-6-4-2/h9-10H,3-8,11-26H2,1-2H3. The first-order valence-electron chi connectivity index (χ1n) is 16.4. The van der Waals surface area contributed by atoms with E-state index in [1.807, 2.05) is 0 Å². The van der Waals surface area contributed by atoms with E-state index in [2.05, 4.69) is 38.1 Å². The highest BCUT2D eigenvalue weighted by molar-refractivity contribution is 5.57. The third-order valence-electron chi connectivity index (χ3n) is 12.6. The second-order valence-electron chi connectivity index (χ2n) is 14.4. The summed E-state index contributed by atoms with van der Waals surface area (Å²) >= 11 is 0. The Morgan fingerprint density at radius 3 is 1.47 bits per heavy atom. The van der Waals surface area contributed by atoms with Crippen LogP contribution in [0.3, 0.4) is 0 Å². The molecule has 1 aromatic rings. The van der Waals surface area contributed by atoms with Crippen molar-refractivity contribution in [3.63, 3.8) is 0 Å². The molecule has 1 aromatic carbocycles. The molecule has 0 amide bonds. The smallest absolute Gasteiger partial charge is 0.101 e. The molecule has 6 saturated carbocycles. The van der Waals surface area contributed by atoms with Crippen LogP contribution in [0.5, 0.6) is 0 Å². The summed E-state index contributed by atoms with van der Waals surface area (Å²) in [6, 6.07) is 9.64.